The minimum atomic E-state index is -0.337. The number of thiocarbonyl (C=S) groups is 1. The Kier molecular flexibility index (Phi) is 7.88. The zero-order chi connectivity index (χ0) is 24.1. The largest absolute Gasteiger partial charge is 0.484 e. The van der Waals surface area contributed by atoms with E-state index in [1.807, 2.05) is 23.1 Å². The van der Waals surface area contributed by atoms with E-state index in [-0.39, 0.29) is 18.3 Å². The van der Waals surface area contributed by atoms with E-state index in [0.29, 0.717) is 53.3 Å². The van der Waals surface area contributed by atoms with Crippen molar-refractivity contribution < 1.29 is 13.9 Å². The Morgan fingerprint density at radius 3 is 2.38 bits per heavy atom. The lowest BCUT2D eigenvalue weighted by molar-refractivity contribution is -0.118. The summed E-state index contributed by atoms with van der Waals surface area (Å²) in [5.41, 5.74) is 1.98. The molecule has 0 spiro atoms. The van der Waals surface area contributed by atoms with Crippen LogP contribution in [-0.4, -0.2) is 48.6 Å². The predicted octanol–water partition coefficient (Wildman–Crippen LogP) is 5.65. The number of benzene rings is 3. The molecule has 4 rings (SSSR count). The molecular formula is C25H22Cl2FN3O2S. The fourth-order valence-corrected chi connectivity index (χ4v) is 4.44. The number of halogens is 3. The van der Waals surface area contributed by atoms with E-state index in [1.54, 1.807) is 42.5 Å². The second-order valence-corrected chi connectivity index (χ2v) is 8.95. The molecule has 1 aliphatic heterocycles. The van der Waals surface area contributed by atoms with Crippen LogP contribution in [0.4, 0.5) is 15.8 Å². The molecule has 1 N–H and O–H groups in total. The lowest BCUT2D eigenvalue weighted by Crippen LogP contribution is -2.48. The minimum absolute atomic E-state index is 0.166. The van der Waals surface area contributed by atoms with E-state index >= 15 is 0 Å². The molecule has 1 aliphatic rings. The highest BCUT2D eigenvalue weighted by Crippen LogP contribution is 2.25. The lowest BCUT2D eigenvalue weighted by atomic mass is 10.1. The van der Waals surface area contributed by atoms with Crippen molar-refractivity contribution in [2.75, 3.05) is 43.0 Å². The zero-order valence-corrected chi connectivity index (χ0v) is 20.5. The van der Waals surface area contributed by atoms with Crippen LogP contribution >= 0.6 is 35.4 Å². The fraction of sp³-hybridized carbons (Fsp3) is 0.200. The van der Waals surface area contributed by atoms with Crippen molar-refractivity contribution in [3.05, 3.63) is 88.2 Å². The summed E-state index contributed by atoms with van der Waals surface area (Å²) in [6, 6.07) is 18.9. The molecule has 176 valence electrons. The van der Waals surface area contributed by atoms with Crippen molar-refractivity contribution in [3.63, 3.8) is 0 Å². The van der Waals surface area contributed by atoms with E-state index in [9.17, 15) is 9.18 Å². The molecule has 1 heterocycles. The second kappa shape index (κ2) is 11.0. The van der Waals surface area contributed by atoms with Gasteiger partial charge in [0.15, 0.2) is 6.61 Å². The van der Waals surface area contributed by atoms with Gasteiger partial charge in [0.05, 0.1) is 16.4 Å². The predicted molar refractivity (Wildman–Crippen MR) is 139 cm³/mol. The van der Waals surface area contributed by atoms with Crippen molar-refractivity contribution in [2.24, 2.45) is 0 Å². The average molecular weight is 518 g/mol. The van der Waals surface area contributed by atoms with Crippen molar-refractivity contribution in [1.29, 1.82) is 0 Å². The molecule has 0 unspecified atom stereocenters. The van der Waals surface area contributed by atoms with Gasteiger partial charge in [-0.25, -0.2) is 4.39 Å². The van der Waals surface area contributed by atoms with Crippen LogP contribution in [0, 0.1) is 5.82 Å². The summed E-state index contributed by atoms with van der Waals surface area (Å²) in [4.78, 5) is 17.1. The summed E-state index contributed by atoms with van der Waals surface area (Å²) in [7, 11) is 0. The SMILES string of the molecule is O=C(COc1ccc(C(=S)N2CCN(c3ccccc3F)CC2)cc1)Nc1ccc(Cl)cc1Cl. The smallest absolute Gasteiger partial charge is 0.262 e. The number of ether oxygens (including phenoxy) is 1. The molecule has 0 aromatic heterocycles. The minimum Gasteiger partial charge on any atom is -0.484 e. The molecular weight excluding hydrogens is 496 g/mol. The highest BCUT2D eigenvalue weighted by Gasteiger charge is 2.21. The molecule has 0 atom stereocenters. The molecule has 3 aromatic carbocycles. The number of rotatable bonds is 6. The van der Waals surface area contributed by atoms with E-state index in [1.165, 1.54) is 6.07 Å². The lowest BCUT2D eigenvalue weighted by Gasteiger charge is -2.37. The van der Waals surface area contributed by atoms with Gasteiger partial charge in [-0.1, -0.05) is 47.6 Å². The van der Waals surface area contributed by atoms with Gasteiger partial charge in [-0.05, 0) is 54.6 Å². The Hall–Kier alpha value is -2.87. The van der Waals surface area contributed by atoms with Crippen LogP contribution in [-0.2, 0) is 4.79 Å². The molecule has 1 saturated heterocycles. The summed E-state index contributed by atoms with van der Waals surface area (Å²) in [5, 5.41) is 3.53. The van der Waals surface area contributed by atoms with E-state index in [0.717, 1.165) is 10.6 Å². The van der Waals surface area contributed by atoms with Crippen LogP contribution in [0.2, 0.25) is 10.0 Å². The molecule has 0 bridgehead atoms. The van der Waals surface area contributed by atoms with Crippen LogP contribution in [0.3, 0.4) is 0 Å². The standard InChI is InChI=1S/C25H22Cl2FN3O2S/c26-18-7-10-22(20(27)15-18)29-24(32)16-33-19-8-5-17(6-9-19)25(34)31-13-11-30(12-14-31)23-4-2-1-3-21(23)28/h1-10,15H,11-14,16H2,(H,29,32). The summed E-state index contributed by atoms with van der Waals surface area (Å²) in [5.74, 6) is 0.00359. The summed E-state index contributed by atoms with van der Waals surface area (Å²) in [6.07, 6.45) is 0. The third kappa shape index (κ3) is 5.97. The van der Waals surface area contributed by atoms with Gasteiger partial charge in [0, 0.05) is 36.8 Å². The molecule has 3 aromatic rings. The van der Waals surface area contributed by atoms with Crippen molar-refractivity contribution in [3.8, 4) is 5.75 Å². The molecule has 0 aliphatic carbocycles. The summed E-state index contributed by atoms with van der Waals surface area (Å²) >= 11 is 17.6. The number of para-hydroxylation sites is 1. The van der Waals surface area contributed by atoms with Gasteiger partial charge in [0.25, 0.3) is 5.91 Å². The molecule has 9 heteroatoms. The second-order valence-electron chi connectivity index (χ2n) is 7.72. The van der Waals surface area contributed by atoms with Gasteiger partial charge in [-0.2, -0.15) is 0 Å². The fourth-order valence-electron chi connectivity index (χ4n) is 3.66. The van der Waals surface area contributed by atoms with Crippen LogP contribution in [0.5, 0.6) is 5.75 Å². The maximum Gasteiger partial charge on any atom is 0.262 e. The molecule has 0 radical (unpaired) electrons. The van der Waals surface area contributed by atoms with E-state index in [2.05, 4.69) is 10.2 Å². The number of nitrogens with one attached hydrogen (secondary N) is 1. The maximum atomic E-state index is 14.1. The maximum absolute atomic E-state index is 14.1. The number of piperazine rings is 1. The number of carbonyl (C=O) groups excluding carboxylic acids is 1. The number of anilines is 2. The highest BCUT2D eigenvalue weighted by molar-refractivity contribution is 7.80. The van der Waals surface area contributed by atoms with Gasteiger partial charge in [0.2, 0.25) is 0 Å². The monoisotopic (exact) mass is 517 g/mol. The number of hydrogen-bond donors (Lipinski definition) is 1. The first-order valence-electron chi connectivity index (χ1n) is 10.7. The Labute approximate surface area is 213 Å². The molecule has 1 amide bonds. The topological polar surface area (TPSA) is 44.8 Å². The van der Waals surface area contributed by atoms with Crippen molar-refractivity contribution in [1.82, 2.24) is 4.90 Å². The van der Waals surface area contributed by atoms with Crippen LogP contribution in [0.25, 0.3) is 0 Å². The van der Waals surface area contributed by atoms with Crippen molar-refractivity contribution in [2.45, 2.75) is 0 Å². The summed E-state index contributed by atoms with van der Waals surface area (Å²) in [6.45, 7) is 2.63. The third-order valence-electron chi connectivity index (χ3n) is 5.44. The van der Waals surface area contributed by atoms with Gasteiger partial charge < -0.3 is 19.9 Å². The zero-order valence-electron chi connectivity index (χ0n) is 18.1. The number of hydrogen-bond acceptors (Lipinski definition) is 4. The first-order valence-corrected chi connectivity index (χ1v) is 11.8. The van der Waals surface area contributed by atoms with E-state index in [4.69, 9.17) is 40.2 Å². The Morgan fingerprint density at radius 2 is 1.71 bits per heavy atom. The van der Waals surface area contributed by atoms with Gasteiger partial charge >= 0.3 is 0 Å². The number of amides is 1. The third-order valence-corrected chi connectivity index (χ3v) is 6.48. The van der Waals surface area contributed by atoms with Crippen LogP contribution in [0.15, 0.2) is 66.7 Å². The molecule has 5 nitrogen and oxygen atoms in total. The van der Waals surface area contributed by atoms with Gasteiger partial charge in [-0.15, -0.1) is 0 Å². The molecule has 0 saturated carbocycles. The van der Waals surface area contributed by atoms with Gasteiger partial charge in [-0.3, -0.25) is 4.79 Å². The normalized spacial score (nSPS) is 13.5. The van der Waals surface area contributed by atoms with E-state index < -0.39 is 0 Å². The van der Waals surface area contributed by atoms with Crippen LogP contribution in [0.1, 0.15) is 5.56 Å². The van der Waals surface area contributed by atoms with Crippen molar-refractivity contribution >= 4 is 57.7 Å². The average Bonchev–Trinajstić information content (AvgIpc) is 2.85. The highest BCUT2D eigenvalue weighted by atomic mass is 35.5. The first-order chi connectivity index (χ1) is 16.4. The Bertz CT molecular complexity index is 1190. The number of nitrogens with zero attached hydrogens (tertiary/aromatic N) is 2. The first kappa shape index (κ1) is 24.3. The molecule has 1 fully saturated rings. The molecule has 34 heavy (non-hydrogen) atoms. The Balaban J connectivity index is 1.27. The van der Waals surface area contributed by atoms with Crippen LogP contribution < -0.4 is 15.0 Å². The number of carbonyl (C=O) groups is 1. The quantitative estimate of drug-likeness (QED) is 0.428. The summed E-state index contributed by atoms with van der Waals surface area (Å²) < 4.78 is 19.6. The Morgan fingerprint density at radius 1 is 1.00 bits per heavy atom. The van der Waals surface area contributed by atoms with Gasteiger partial charge in [0.1, 0.15) is 16.6 Å².